The van der Waals surface area contributed by atoms with Gasteiger partial charge in [0.05, 0.1) is 4.88 Å². The Labute approximate surface area is 107 Å². The van der Waals surface area contributed by atoms with E-state index in [1.165, 1.54) is 17.0 Å². The second kappa shape index (κ2) is 4.77. The SMILES string of the molecule is CC1C(=O)NCCN1C(=O)c1ccc(C(=O)O)s1. The largest absolute Gasteiger partial charge is 0.477 e. The number of aromatic carboxylic acids is 1. The van der Waals surface area contributed by atoms with Crippen molar-refractivity contribution in [2.45, 2.75) is 13.0 Å². The van der Waals surface area contributed by atoms with Crippen LogP contribution in [0.3, 0.4) is 0 Å². The highest BCUT2D eigenvalue weighted by Gasteiger charge is 2.30. The van der Waals surface area contributed by atoms with Crippen molar-refractivity contribution < 1.29 is 19.5 Å². The fraction of sp³-hybridized carbons (Fsp3) is 0.364. The summed E-state index contributed by atoms with van der Waals surface area (Å²) in [4.78, 5) is 36.3. The first-order valence-electron chi connectivity index (χ1n) is 5.42. The lowest BCUT2D eigenvalue weighted by Crippen LogP contribution is -2.55. The number of nitrogens with zero attached hydrogens (tertiary/aromatic N) is 1. The van der Waals surface area contributed by atoms with Crippen molar-refractivity contribution in [2.24, 2.45) is 0 Å². The third-order valence-electron chi connectivity index (χ3n) is 2.79. The van der Waals surface area contributed by atoms with E-state index >= 15 is 0 Å². The van der Waals surface area contributed by atoms with E-state index in [0.717, 1.165) is 11.3 Å². The summed E-state index contributed by atoms with van der Waals surface area (Å²) in [5.74, 6) is -1.54. The van der Waals surface area contributed by atoms with Gasteiger partial charge in [-0.15, -0.1) is 11.3 Å². The zero-order valence-electron chi connectivity index (χ0n) is 9.67. The Morgan fingerprint density at radius 2 is 2.11 bits per heavy atom. The molecule has 1 aromatic rings. The molecule has 6 nitrogen and oxygen atoms in total. The fourth-order valence-corrected chi connectivity index (χ4v) is 2.57. The van der Waals surface area contributed by atoms with Crippen LogP contribution in [0.1, 0.15) is 26.3 Å². The zero-order valence-corrected chi connectivity index (χ0v) is 10.5. The average molecular weight is 268 g/mol. The van der Waals surface area contributed by atoms with Gasteiger partial charge in [0.25, 0.3) is 5.91 Å². The molecule has 1 aliphatic rings. The van der Waals surface area contributed by atoms with Crippen LogP contribution in [-0.2, 0) is 4.79 Å². The van der Waals surface area contributed by atoms with Gasteiger partial charge in [-0.05, 0) is 19.1 Å². The summed E-state index contributed by atoms with van der Waals surface area (Å²) in [7, 11) is 0. The maximum Gasteiger partial charge on any atom is 0.345 e. The lowest BCUT2D eigenvalue weighted by atomic mass is 10.2. The fourth-order valence-electron chi connectivity index (χ4n) is 1.77. The van der Waals surface area contributed by atoms with Gasteiger partial charge >= 0.3 is 5.97 Å². The van der Waals surface area contributed by atoms with Crippen LogP contribution in [0.15, 0.2) is 12.1 Å². The quantitative estimate of drug-likeness (QED) is 0.813. The molecule has 0 bridgehead atoms. The summed E-state index contributed by atoms with van der Waals surface area (Å²) >= 11 is 0.924. The lowest BCUT2D eigenvalue weighted by Gasteiger charge is -2.32. The molecular formula is C11H12N2O4S. The summed E-state index contributed by atoms with van der Waals surface area (Å²) in [6.07, 6.45) is 0. The molecule has 2 rings (SSSR count). The summed E-state index contributed by atoms with van der Waals surface area (Å²) in [6, 6.07) is 2.35. The highest BCUT2D eigenvalue weighted by molar-refractivity contribution is 7.15. The molecule has 0 aliphatic carbocycles. The van der Waals surface area contributed by atoms with Crippen LogP contribution in [-0.4, -0.2) is 46.9 Å². The maximum atomic E-state index is 12.2. The molecule has 1 atom stereocenters. The Morgan fingerprint density at radius 1 is 1.44 bits per heavy atom. The number of carbonyl (C=O) groups excluding carboxylic acids is 2. The molecule has 2 amide bonds. The third kappa shape index (κ3) is 2.21. The monoisotopic (exact) mass is 268 g/mol. The highest BCUT2D eigenvalue weighted by atomic mass is 32.1. The second-order valence-electron chi connectivity index (χ2n) is 3.93. The summed E-state index contributed by atoms with van der Waals surface area (Å²) in [5, 5.41) is 11.5. The number of hydrogen-bond acceptors (Lipinski definition) is 4. The van der Waals surface area contributed by atoms with Gasteiger partial charge in [0.2, 0.25) is 5.91 Å². The molecule has 1 saturated heterocycles. The van der Waals surface area contributed by atoms with E-state index < -0.39 is 12.0 Å². The number of carboxylic acid groups (broad SMARTS) is 1. The third-order valence-corrected chi connectivity index (χ3v) is 3.85. The highest BCUT2D eigenvalue weighted by Crippen LogP contribution is 2.20. The van der Waals surface area contributed by atoms with E-state index in [0.29, 0.717) is 18.0 Å². The smallest absolute Gasteiger partial charge is 0.345 e. The molecule has 1 unspecified atom stereocenters. The summed E-state index contributed by atoms with van der Waals surface area (Å²) < 4.78 is 0. The van der Waals surface area contributed by atoms with E-state index in [1.54, 1.807) is 6.92 Å². The lowest BCUT2D eigenvalue weighted by molar-refractivity contribution is -0.127. The van der Waals surface area contributed by atoms with Crippen molar-refractivity contribution in [2.75, 3.05) is 13.1 Å². The van der Waals surface area contributed by atoms with Crippen molar-refractivity contribution in [3.63, 3.8) is 0 Å². The van der Waals surface area contributed by atoms with Crippen LogP contribution in [0.2, 0.25) is 0 Å². The van der Waals surface area contributed by atoms with Gasteiger partial charge in [0.15, 0.2) is 0 Å². The van der Waals surface area contributed by atoms with Crippen molar-refractivity contribution in [1.29, 1.82) is 0 Å². The number of nitrogens with one attached hydrogen (secondary N) is 1. The Bertz CT molecular complexity index is 511. The maximum absolute atomic E-state index is 12.2. The van der Waals surface area contributed by atoms with E-state index in [4.69, 9.17) is 5.11 Å². The first kappa shape index (κ1) is 12.6. The molecule has 18 heavy (non-hydrogen) atoms. The van der Waals surface area contributed by atoms with Crippen molar-refractivity contribution in [3.05, 3.63) is 21.9 Å². The molecule has 0 spiro atoms. The van der Waals surface area contributed by atoms with Gasteiger partial charge < -0.3 is 15.3 Å². The molecular weight excluding hydrogens is 256 g/mol. The molecule has 0 aromatic carbocycles. The predicted octanol–water partition coefficient (Wildman–Crippen LogP) is 0.407. The summed E-state index contributed by atoms with van der Waals surface area (Å²) in [5.41, 5.74) is 0. The number of carbonyl (C=O) groups is 3. The standard InChI is InChI=1S/C11H12N2O4S/c1-6-9(14)12-4-5-13(6)10(15)7-2-3-8(18-7)11(16)17/h2-3,6H,4-5H2,1H3,(H,12,14)(H,16,17). The Morgan fingerprint density at radius 3 is 2.72 bits per heavy atom. The minimum absolute atomic E-state index is 0.118. The number of amides is 2. The molecule has 1 aliphatic heterocycles. The van der Waals surface area contributed by atoms with Gasteiger partial charge in [-0.25, -0.2) is 4.79 Å². The van der Waals surface area contributed by atoms with Crippen LogP contribution in [0.25, 0.3) is 0 Å². The second-order valence-corrected chi connectivity index (χ2v) is 5.02. The molecule has 7 heteroatoms. The van der Waals surface area contributed by atoms with E-state index in [9.17, 15) is 14.4 Å². The first-order chi connectivity index (χ1) is 8.50. The van der Waals surface area contributed by atoms with E-state index in [-0.39, 0.29) is 16.7 Å². The van der Waals surface area contributed by atoms with Crippen LogP contribution in [0, 0.1) is 0 Å². The molecule has 2 N–H and O–H groups in total. The predicted molar refractivity (Wildman–Crippen MR) is 64.8 cm³/mol. The minimum Gasteiger partial charge on any atom is -0.477 e. The van der Waals surface area contributed by atoms with Crippen molar-refractivity contribution >= 4 is 29.1 Å². The van der Waals surface area contributed by atoms with Gasteiger partial charge in [-0.2, -0.15) is 0 Å². The van der Waals surface area contributed by atoms with Crippen LogP contribution in [0.5, 0.6) is 0 Å². The van der Waals surface area contributed by atoms with E-state index in [1.807, 2.05) is 0 Å². The molecule has 1 fully saturated rings. The Kier molecular flexibility index (Phi) is 3.33. The summed E-state index contributed by atoms with van der Waals surface area (Å²) in [6.45, 7) is 2.51. The number of piperazine rings is 1. The first-order valence-corrected chi connectivity index (χ1v) is 6.24. The van der Waals surface area contributed by atoms with Gasteiger partial charge in [-0.1, -0.05) is 0 Å². The Hall–Kier alpha value is -1.89. The van der Waals surface area contributed by atoms with Crippen molar-refractivity contribution in [3.8, 4) is 0 Å². The number of rotatable bonds is 2. The molecule has 0 radical (unpaired) electrons. The van der Waals surface area contributed by atoms with Gasteiger partial charge in [0.1, 0.15) is 10.9 Å². The number of carboxylic acids is 1. The zero-order chi connectivity index (χ0) is 13.3. The molecule has 1 aromatic heterocycles. The van der Waals surface area contributed by atoms with Crippen LogP contribution in [0.4, 0.5) is 0 Å². The normalized spacial score (nSPS) is 19.5. The molecule has 0 saturated carbocycles. The van der Waals surface area contributed by atoms with Crippen LogP contribution < -0.4 is 5.32 Å². The topological polar surface area (TPSA) is 86.7 Å². The molecule has 96 valence electrons. The number of thiophene rings is 1. The van der Waals surface area contributed by atoms with Crippen molar-refractivity contribution in [1.82, 2.24) is 10.2 Å². The van der Waals surface area contributed by atoms with Gasteiger partial charge in [0, 0.05) is 13.1 Å². The van der Waals surface area contributed by atoms with E-state index in [2.05, 4.69) is 5.32 Å². The van der Waals surface area contributed by atoms with Crippen LogP contribution >= 0.6 is 11.3 Å². The Balaban J connectivity index is 2.19. The average Bonchev–Trinajstić information content (AvgIpc) is 2.81. The minimum atomic E-state index is -1.05. The number of hydrogen-bond donors (Lipinski definition) is 2. The van der Waals surface area contributed by atoms with Gasteiger partial charge in [-0.3, -0.25) is 9.59 Å². The molecule has 2 heterocycles.